The van der Waals surface area contributed by atoms with Gasteiger partial charge in [0.25, 0.3) is 0 Å². The molecule has 8 rings (SSSR count). The van der Waals surface area contributed by atoms with Crippen molar-refractivity contribution in [1.29, 1.82) is 0 Å². The lowest BCUT2D eigenvalue weighted by Gasteiger charge is -2.50. The van der Waals surface area contributed by atoms with Crippen molar-refractivity contribution in [3.05, 3.63) is 77.0 Å². The standard InChI is InChI=1S/C36H41N3O10/c40-14-12-37-32(42)26-6-3-13-38(26)34(44)36-20-27-28-29(48-35(47-28)18-24-4-1-2-5-25(24)19-35)31(36)49-39(30(36)33(43)46-27)21-23-9-7-22(8-10-23)11-16-45-17-15-41/h1-2,4-5,7-11,16,26-31,40-41H,3,6,12-15,17-21H2,(H,37,42). The molecule has 0 aromatic heterocycles. The highest BCUT2D eigenvalue weighted by molar-refractivity contribution is 5.96. The fourth-order valence-electron chi connectivity index (χ4n) is 8.75. The summed E-state index contributed by atoms with van der Waals surface area (Å²) in [7, 11) is 0. The van der Waals surface area contributed by atoms with Crippen LogP contribution >= 0.6 is 0 Å². The molecule has 5 fully saturated rings. The van der Waals surface area contributed by atoms with Crippen LogP contribution in [0.1, 0.15) is 41.5 Å². The van der Waals surface area contributed by atoms with Gasteiger partial charge in [-0.2, -0.15) is 5.06 Å². The molecule has 1 saturated carbocycles. The summed E-state index contributed by atoms with van der Waals surface area (Å²) in [6.45, 7) is 0.559. The predicted molar refractivity (Wildman–Crippen MR) is 171 cm³/mol. The van der Waals surface area contributed by atoms with Crippen molar-refractivity contribution < 1.29 is 48.4 Å². The molecular formula is C36H41N3O10. The molecule has 2 aromatic carbocycles. The summed E-state index contributed by atoms with van der Waals surface area (Å²) in [5.41, 5.74) is 2.60. The maximum Gasteiger partial charge on any atom is 0.327 e. The Balaban J connectivity index is 1.12. The zero-order valence-corrected chi connectivity index (χ0v) is 27.1. The molecule has 49 heavy (non-hydrogen) atoms. The third kappa shape index (κ3) is 5.43. The number of carbonyl (C=O) groups is 3. The molecule has 1 spiro atoms. The summed E-state index contributed by atoms with van der Waals surface area (Å²) in [6, 6.07) is 13.9. The van der Waals surface area contributed by atoms with E-state index >= 15 is 4.79 Å². The number of amides is 2. The number of hydrogen-bond donors (Lipinski definition) is 3. The summed E-state index contributed by atoms with van der Waals surface area (Å²) >= 11 is 0. The predicted octanol–water partition coefficient (Wildman–Crippen LogP) is 0.845. The number of benzene rings is 2. The Morgan fingerprint density at radius 3 is 2.51 bits per heavy atom. The Kier molecular flexibility index (Phi) is 8.45. The lowest BCUT2D eigenvalue weighted by Crippen LogP contribution is -2.70. The number of fused-ring (bicyclic) bond motifs is 5. The second-order valence-electron chi connectivity index (χ2n) is 13.7. The van der Waals surface area contributed by atoms with Gasteiger partial charge in [-0.1, -0.05) is 48.5 Å². The van der Waals surface area contributed by atoms with Gasteiger partial charge < -0.3 is 39.4 Å². The van der Waals surface area contributed by atoms with Crippen LogP contribution < -0.4 is 5.32 Å². The summed E-state index contributed by atoms with van der Waals surface area (Å²) in [5, 5.41) is 22.5. The number of nitrogens with zero attached hydrogens (tertiary/aromatic N) is 2. The minimum atomic E-state index is -1.38. The van der Waals surface area contributed by atoms with Gasteiger partial charge in [0.05, 0.1) is 26.0 Å². The fraction of sp³-hybridized carbons (Fsp3) is 0.528. The van der Waals surface area contributed by atoms with Gasteiger partial charge >= 0.3 is 5.97 Å². The molecule has 0 radical (unpaired) electrons. The lowest BCUT2D eigenvalue weighted by atomic mass is 9.62. The highest BCUT2D eigenvalue weighted by atomic mass is 16.8. The maximum absolute atomic E-state index is 15.0. The number of aliphatic hydroxyl groups excluding tert-OH is 2. The number of rotatable bonds is 10. The van der Waals surface area contributed by atoms with Crippen LogP contribution in [0.3, 0.4) is 0 Å². The largest absolute Gasteiger partial charge is 0.499 e. The van der Waals surface area contributed by atoms with Crippen molar-refractivity contribution in [3.63, 3.8) is 0 Å². The second kappa shape index (κ2) is 12.8. The van der Waals surface area contributed by atoms with E-state index in [1.54, 1.807) is 16.0 Å². The number of esters is 1. The average Bonchev–Trinajstić information content (AvgIpc) is 3.89. The number of nitrogens with one attached hydrogen (secondary N) is 1. The van der Waals surface area contributed by atoms with Crippen LogP contribution in [-0.2, 0) is 57.6 Å². The fourth-order valence-corrected chi connectivity index (χ4v) is 8.75. The molecule has 4 heterocycles. The summed E-state index contributed by atoms with van der Waals surface area (Å²) in [4.78, 5) is 50.6. The molecular weight excluding hydrogens is 634 g/mol. The van der Waals surface area contributed by atoms with Crippen LogP contribution in [0.25, 0.3) is 6.08 Å². The maximum atomic E-state index is 15.0. The number of ether oxygens (including phenoxy) is 4. The Morgan fingerprint density at radius 2 is 1.78 bits per heavy atom. The van der Waals surface area contributed by atoms with Crippen molar-refractivity contribution >= 4 is 23.9 Å². The van der Waals surface area contributed by atoms with Crippen LogP contribution in [0, 0.1) is 5.41 Å². The van der Waals surface area contributed by atoms with E-state index in [1.165, 1.54) is 6.26 Å². The molecule has 4 saturated heterocycles. The van der Waals surface area contributed by atoms with Gasteiger partial charge in [-0.3, -0.25) is 19.2 Å². The first-order chi connectivity index (χ1) is 23.9. The smallest absolute Gasteiger partial charge is 0.327 e. The topological polar surface area (TPSA) is 156 Å². The minimum Gasteiger partial charge on any atom is -0.499 e. The van der Waals surface area contributed by atoms with Gasteiger partial charge in [0.1, 0.15) is 42.5 Å². The molecule has 7 unspecified atom stereocenters. The van der Waals surface area contributed by atoms with E-state index in [1.807, 2.05) is 36.4 Å². The zero-order chi connectivity index (χ0) is 33.8. The normalized spacial score (nSPS) is 32.4. The number of aliphatic hydroxyl groups is 2. The van der Waals surface area contributed by atoms with Crippen molar-refractivity contribution in [3.8, 4) is 0 Å². The Hall–Kier alpha value is -3.85. The van der Waals surface area contributed by atoms with Gasteiger partial charge in [-0.05, 0) is 41.2 Å². The van der Waals surface area contributed by atoms with E-state index in [9.17, 15) is 14.7 Å². The first-order valence-corrected chi connectivity index (χ1v) is 17.1. The highest BCUT2D eigenvalue weighted by Gasteiger charge is 2.77. The molecule has 13 nitrogen and oxygen atoms in total. The third-order valence-electron chi connectivity index (χ3n) is 10.8. The number of carbonyl (C=O) groups excluding carboxylic acids is 3. The van der Waals surface area contributed by atoms with Crippen LogP contribution in [-0.4, -0.2) is 113 Å². The van der Waals surface area contributed by atoms with Crippen molar-refractivity contribution in [2.75, 3.05) is 32.9 Å². The van der Waals surface area contributed by atoms with Crippen molar-refractivity contribution in [2.45, 2.75) is 80.9 Å². The third-order valence-corrected chi connectivity index (χ3v) is 10.8. The molecule has 2 aromatic rings. The van der Waals surface area contributed by atoms with Gasteiger partial charge in [-0.25, -0.2) is 0 Å². The van der Waals surface area contributed by atoms with E-state index in [2.05, 4.69) is 17.4 Å². The molecule has 2 amide bonds. The van der Waals surface area contributed by atoms with E-state index in [4.69, 9.17) is 28.9 Å². The molecule has 4 aliphatic heterocycles. The SMILES string of the molecule is O=C(NCCO)C1CCCN1C(=O)C12CC3OC(=O)C1N(Cc1ccc(C=COCCO)cc1)OC2C1OC2(Cc4ccccc4C2)OC31. The van der Waals surface area contributed by atoms with Crippen LogP contribution in [0.2, 0.25) is 0 Å². The molecule has 3 N–H and O–H groups in total. The Morgan fingerprint density at radius 1 is 1.02 bits per heavy atom. The first-order valence-electron chi connectivity index (χ1n) is 17.1. The lowest BCUT2D eigenvalue weighted by molar-refractivity contribution is -0.218. The quantitative estimate of drug-likeness (QED) is 0.186. The van der Waals surface area contributed by atoms with Gasteiger partial charge in [0, 0.05) is 32.4 Å². The number of likely N-dealkylation sites (tertiary alicyclic amines) is 1. The van der Waals surface area contributed by atoms with Crippen molar-refractivity contribution in [1.82, 2.24) is 15.3 Å². The monoisotopic (exact) mass is 675 g/mol. The second-order valence-corrected chi connectivity index (χ2v) is 13.7. The highest BCUT2D eigenvalue weighted by Crippen LogP contribution is 2.59. The van der Waals surface area contributed by atoms with Crippen LogP contribution in [0.15, 0.2) is 54.8 Å². The summed E-state index contributed by atoms with van der Waals surface area (Å²) in [6.07, 6.45) is 2.72. The molecule has 7 atom stereocenters. The molecule has 13 heteroatoms. The number of hydroxylamine groups is 2. The van der Waals surface area contributed by atoms with E-state index in [0.717, 1.165) is 22.3 Å². The number of hydrogen-bond acceptors (Lipinski definition) is 11. The summed E-state index contributed by atoms with van der Waals surface area (Å²) in [5.74, 6) is -2.19. The Labute approximate surface area is 283 Å². The van der Waals surface area contributed by atoms with Crippen LogP contribution in [0.5, 0.6) is 0 Å². The van der Waals surface area contributed by atoms with E-state index in [-0.39, 0.29) is 51.1 Å². The summed E-state index contributed by atoms with van der Waals surface area (Å²) < 4.78 is 24.9. The zero-order valence-electron chi connectivity index (χ0n) is 27.1. The van der Waals surface area contributed by atoms with Crippen LogP contribution in [0.4, 0.5) is 0 Å². The molecule has 2 aliphatic carbocycles. The average molecular weight is 676 g/mol. The Bertz CT molecular complexity index is 1610. The van der Waals surface area contributed by atoms with E-state index in [0.29, 0.717) is 32.2 Å². The molecule has 2 bridgehead atoms. The van der Waals surface area contributed by atoms with Gasteiger partial charge in [0.15, 0.2) is 11.8 Å². The molecule has 6 aliphatic rings. The van der Waals surface area contributed by atoms with Gasteiger partial charge in [0.2, 0.25) is 11.8 Å². The minimum absolute atomic E-state index is 0.0722. The van der Waals surface area contributed by atoms with E-state index < -0.39 is 53.7 Å². The van der Waals surface area contributed by atoms with Crippen molar-refractivity contribution in [2.24, 2.45) is 5.41 Å². The first kappa shape index (κ1) is 32.4. The molecule has 260 valence electrons. The van der Waals surface area contributed by atoms with Gasteiger partial charge in [-0.15, -0.1) is 0 Å².